The maximum absolute atomic E-state index is 12.5. The number of aliphatic hydroxyl groups is 1. The summed E-state index contributed by atoms with van der Waals surface area (Å²) in [6.07, 6.45) is -4.58. The molecule has 6 heteroatoms. The fraction of sp³-hybridized carbons (Fsp3) is 0.462. The predicted molar refractivity (Wildman–Crippen MR) is 64.5 cm³/mol. The van der Waals surface area contributed by atoms with Gasteiger partial charge >= 0.3 is 6.18 Å². The van der Waals surface area contributed by atoms with Crippen LogP contribution in [0.3, 0.4) is 0 Å². The highest BCUT2D eigenvalue weighted by atomic mass is 19.4. The van der Waals surface area contributed by atoms with Gasteiger partial charge in [-0.2, -0.15) is 13.2 Å². The lowest BCUT2D eigenvalue weighted by Gasteiger charge is -2.23. The summed E-state index contributed by atoms with van der Waals surface area (Å²) >= 11 is 0. The van der Waals surface area contributed by atoms with Crippen LogP contribution in [-0.4, -0.2) is 23.2 Å². The second-order valence-corrected chi connectivity index (χ2v) is 4.97. The van der Waals surface area contributed by atoms with Gasteiger partial charge in [-0.25, -0.2) is 0 Å². The van der Waals surface area contributed by atoms with Crippen LogP contribution in [0.15, 0.2) is 24.3 Å². The third-order valence-corrected chi connectivity index (χ3v) is 2.49. The van der Waals surface area contributed by atoms with E-state index in [-0.39, 0.29) is 18.6 Å². The Morgan fingerprint density at radius 3 is 2.47 bits per heavy atom. The minimum absolute atomic E-state index is 0.159. The summed E-state index contributed by atoms with van der Waals surface area (Å²) in [4.78, 5) is 11.6. The van der Waals surface area contributed by atoms with Gasteiger partial charge in [-0.3, -0.25) is 4.79 Å². The second kappa shape index (κ2) is 5.61. The molecule has 0 unspecified atom stereocenters. The summed E-state index contributed by atoms with van der Waals surface area (Å²) in [5.74, 6) is -0.432. The first-order valence-corrected chi connectivity index (χ1v) is 5.72. The molecule has 1 rings (SSSR count). The Balaban J connectivity index is 2.76. The van der Waals surface area contributed by atoms with E-state index in [4.69, 9.17) is 5.11 Å². The van der Waals surface area contributed by atoms with Crippen molar-refractivity contribution >= 4 is 5.91 Å². The Labute approximate surface area is 109 Å². The molecule has 0 aliphatic heterocycles. The van der Waals surface area contributed by atoms with Gasteiger partial charge < -0.3 is 10.4 Å². The average molecular weight is 275 g/mol. The van der Waals surface area contributed by atoms with Crippen molar-refractivity contribution in [2.75, 3.05) is 6.61 Å². The molecular formula is C13H16F3NO2. The number of rotatable bonds is 4. The van der Waals surface area contributed by atoms with Crippen molar-refractivity contribution in [1.29, 1.82) is 0 Å². The van der Waals surface area contributed by atoms with E-state index in [2.05, 4.69) is 5.32 Å². The maximum atomic E-state index is 12.5. The van der Waals surface area contributed by atoms with Crippen LogP contribution in [-0.2, 0) is 17.4 Å². The number of alkyl halides is 3. The second-order valence-electron chi connectivity index (χ2n) is 4.97. The number of carbonyl (C=O) groups is 1. The standard InChI is InChI=1S/C13H16F3NO2/c1-12(2,8-18)17-11(19)7-9-4-3-5-10(6-9)13(14,15)16/h3-6,18H,7-8H2,1-2H3,(H,17,19). The molecule has 0 saturated carbocycles. The molecule has 0 heterocycles. The monoisotopic (exact) mass is 275 g/mol. The van der Waals surface area contributed by atoms with Gasteiger partial charge in [0, 0.05) is 0 Å². The molecule has 1 aromatic carbocycles. The van der Waals surface area contributed by atoms with Crippen LogP contribution in [0.5, 0.6) is 0 Å². The minimum atomic E-state index is -4.42. The predicted octanol–water partition coefficient (Wildman–Crippen LogP) is 2.13. The number of amides is 1. The smallest absolute Gasteiger partial charge is 0.394 e. The lowest BCUT2D eigenvalue weighted by molar-refractivity contribution is -0.137. The summed E-state index contributed by atoms with van der Waals surface area (Å²) in [6.45, 7) is 3.00. The molecule has 1 aromatic rings. The van der Waals surface area contributed by atoms with E-state index in [9.17, 15) is 18.0 Å². The lowest BCUT2D eigenvalue weighted by Crippen LogP contribution is -2.46. The van der Waals surface area contributed by atoms with Gasteiger partial charge in [0.2, 0.25) is 5.91 Å². The Hall–Kier alpha value is -1.56. The zero-order valence-corrected chi connectivity index (χ0v) is 10.7. The summed E-state index contributed by atoms with van der Waals surface area (Å²) in [5.41, 5.74) is -1.29. The molecule has 0 aliphatic rings. The summed E-state index contributed by atoms with van der Waals surface area (Å²) in [7, 11) is 0. The molecule has 0 spiro atoms. The van der Waals surface area contributed by atoms with E-state index in [1.165, 1.54) is 12.1 Å². The molecule has 0 bridgehead atoms. The average Bonchev–Trinajstić information content (AvgIpc) is 2.27. The van der Waals surface area contributed by atoms with E-state index in [0.29, 0.717) is 0 Å². The molecule has 0 fully saturated rings. The lowest BCUT2D eigenvalue weighted by atomic mass is 10.0. The Bertz CT molecular complexity index is 455. The van der Waals surface area contributed by atoms with Crippen molar-refractivity contribution in [2.24, 2.45) is 0 Å². The summed E-state index contributed by atoms with van der Waals surface area (Å²) < 4.78 is 37.5. The SMILES string of the molecule is CC(C)(CO)NC(=O)Cc1cccc(C(F)(F)F)c1. The highest BCUT2D eigenvalue weighted by Crippen LogP contribution is 2.29. The molecule has 106 valence electrons. The van der Waals surface area contributed by atoms with Crippen molar-refractivity contribution in [3.05, 3.63) is 35.4 Å². The zero-order chi connectivity index (χ0) is 14.7. The van der Waals surface area contributed by atoms with Crippen molar-refractivity contribution < 1.29 is 23.1 Å². The molecule has 1 amide bonds. The van der Waals surface area contributed by atoms with Gasteiger partial charge in [0.1, 0.15) is 0 Å². The van der Waals surface area contributed by atoms with Crippen molar-refractivity contribution in [3.63, 3.8) is 0 Å². The van der Waals surface area contributed by atoms with Crippen molar-refractivity contribution in [2.45, 2.75) is 32.0 Å². The molecule has 0 radical (unpaired) electrons. The van der Waals surface area contributed by atoms with Gasteiger partial charge in [-0.1, -0.05) is 18.2 Å². The Kier molecular flexibility index (Phi) is 4.57. The largest absolute Gasteiger partial charge is 0.416 e. The van der Waals surface area contributed by atoms with Gasteiger partial charge in [-0.05, 0) is 25.5 Å². The van der Waals surface area contributed by atoms with Gasteiger partial charge in [0.05, 0.1) is 24.1 Å². The summed E-state index contributed by atoms with van der Waals surface area (Å²) in [5, 5.41) is 11.5. The topological polar surface area (TPSA) is 49.3 Å². The third kappa shape index (κ3) is 4.90. The first kappa shape index (κ1) is 15.5. The van der Waals surface area contributed by atoms with Gasteiger partial charge in [-0.15, -0.1) is 0 Å². The number of carbonyl (C=O) groups excluding carboxylic acids is 1. The Morgan fingerprint density at radius 1 is 1.32 bits per heavy atom. The Morgan fingerprint density at radius 2 is 1.95 bits per heavy atom. The van der Waals surface area contributed by atoms with Gasteiger partial charge in [0.15, 0.2) is 0 Å². The molecule has 2 N–H and O–H groups in total. The molecule has 0 aliphatic carbocycles. The van der Waals surface area contributed by atoms with Crippen LogP contribution in [0.4, 0.5) is 13.2 Å². The molecular weight excluding hydrogens is 259 g/mol. The first-order chi connectivity index (χ1) is 8.64. The molecule has 0 atom stereocenters. The number of halogens is 3. The molecule has 0 aromatic heterocycles. The van der Waals surface area contributed by atoms with E-state index < -0.39 is 23.2 Å². The fourth-order valence-corrected chi connectivity index (χ4v) is 1.50. The van der Waals surface area contributed by atoms with E-state index >= 15 is 0 Å². The zero-order valence-electron chi connectivity index (χ0n) is 10.7. The van der Waals surface area contributed by atoms with Gasteiger partial charge in [0.25, 0.3) is 0 Å². The van der Waals surface area contributed by atoms with E-state index in [1.807, 2.05) is 0 Å². The first-order valence-electron chi connectivity index (χ1n) is 5.72. The summed E-state index contributed by atoms with van der Waals surface area (Å²) in [6, 6.07) is 4.63. The van der Waals surface area contributed by atoms with Crippen LogP contribution in [0.25, 0.3) is 0 Å². The number of benzene rings is 1. The quantitative estimate of drug-likeness (QED) is 0.884. The van der Waals surface area contributed by atoms with Crippen molar-refractivity contribution in [3.8, 4) is 0 Å². The van der Waals surface area contributed by atoms with E-state index in [1.54, 1.807) is 13.8 Å². The number of hydrogen-bond donors (Lipinski definition) is 2. The van der Waals surface area contributed by atoms with Crippen molar-refractivity contribution in [1.82, 2.24) is 5.32 Å². The third-order valence-electron chi connectivity index (χ3n) is 2.49. The van der Waals surface area contributed by atoms with Crippen LogP contribution >= 0.6 is 0 Å². The molecule has 3 nitrogen and oxygen atoms in total. The minimum Gasteiger partial charge on any atom is -0.394 e. The number of hydrogen-bond acceptors (Lipinski definition) is 2. The molecule has 19 heavy (non-hydrogen) atoms. The van der Waals surface area contributed by atoms with Crippen LogP contribution in [0.2, 0.25) is 0 Å². The highest BCUT2D eigenvalue weighted by molar-refractivity contribution is 5.79. The van der Waals surface area contributed by atoms with Crippen LogP contribution < -0.4 is 5.32 Å². The normalized spacial score (nSPS) is 12.3. The van der Waals surface area contributed by atoms with Crippen LogP contribution in [0, 0.1) is 0 Å². The fourth-order valence-electron chi connectivity index (χ4n) is 1.50. The number of aliphatic hydroxyl groups excluding tert-OH is 1. The van der Waals surface area contributed by atoms with E-state index in [0.717, 1.165) is 12.1 Å². The van der Waals surface area contributed by atoms with Crippen LogP contribution in [0.1, 0.15) is 25.0 Å². The maximum Gasteiger partial charge on any atom is 0.416 e. The highest BCUT2D eigenvalue weighted by Gasteiger charge is 2.30. The molecule has 0 saturated heterocycles. The number of nitrogens with one attached hydrogen (secondary N) is 1.